The van der Waals surface area contributed by atoms with E-state index in [2.05, 4.69) is 15.8 Å². The molecule has 0 radical (unpaired) electrons. The summed E-state index contributed by atoms with van der Waals surface area (Å²) < 4.78 is 12.8. The minimum absolute atomic E-state index is 0.258. The van der Waals surface area contributed by atoms with Crippen LogP contribution in [0, 0.1) is 5.82 Å². The maximum atomic E-state index is 12.8. The molecule has 0 aliphatic carbocycles. The quantitative estimate of drug-likeness (QED) is 0.548. The SMILES string of the molecule is CC(Nc1ccc2ccccc2c1)C(=O)N/N=C/c1ccc(F)cc1. The fourth-order valence-electron chi connectivity index (χ4n) is 2.41. The second kappa shape index (κ2) is 7.57. The minimum atomic E-state index is -0.452. The average Bonchev–Trinajstić information content (AvgIpc) is 2.63. The Bertz CT molecular complexity index is 906. The third-order valence-electron chi connectivity index (χ3n) is 3.78. The summed E-state index contributed by atoms with van der Waals surface area (Å²) in [5.41, 5.74) is 4.05. The molecule has 0 spiro atoms. The number of hydrogen-bond acceptors (Lipinski definition) is 3. The van der Waals surface area contributed by atoms with Crippen LogP contribution in [0.15, 0.2) is 71.8 Å². The highest BCUT2D eigenvalue weighted by Crippen LogP contribution is 2.19. The monoisotopic (exact) mass is 335 g/mol. The normalized spacial score (nSPS) is 12.2. The molecule has 1 amide bonds. The Balaban J connectivity index is 1.58. The summed E-state index contributed by atoms with van der Waals surface area (Å²) in [5, 5.41) is 9.30. The molecule has 3 aromatic rings. The molecule has 3 rings (SSSR count). The van der Waals surface area contributed by atoms with E-state index < -0.39 is 6.04 Å². The highest BCUT2D eigenvalue weighted by molar-refractivity contribution is 5.89. The molecule has 0 aromatic heterocycles. The van der Waals surface area contributed by atoms with Gasteiger partial charge < -0.3 is 5.32 Å². The van der Waals surface area contributed by atoms with Crippen LogP contribution < -0.4 is 10.7 Å². The number of hydrogen-bond donors (Lipinski definition) is 2. The third-order valence-corrected chi connectivity index (χ3v) is 3.78. The fraction of sp³-hybridized carbons (Fsp3) is 0.100. The molecule has 3 aromatic carbocycles. The van der Waals surface area contributed by atoms with E-state index >= 15 is 0 Å². The van der Waals surface area contributed by atoms with Crippen molar-refractivity contribution in [3.63, 3.8) is 0 Å². The Morgan fingerprint density at radius 3 is 2.52 bits per heavy atom. The van der Waals surface area contributed by atoms with Crippen LogP contribution in [0.2, 0.25) is 0 Å². The second-order valence-corrected chi connectivity index (χ2v) is 5.71. The highest BCUT2D eigenvalue weighted by Gasteiger charge is 2.11. The first-order chi connectivity index (χ1) is 12.1. The van der Waals surface area contributed by atoms with Crippen LogP contribution in [0.1, 0.15) is 12.5 Å². The zero-order valence-electron chi connectivity index (χ0n) is 13.7. The van der Waals surface area contributed by atoms with Gasteiger partial charge in [-0.15, -0.1) is 0 Å². The first-order valence-corrected chi connectivity index (χ1v) is 7.96. The molecule has 0 saturated heterocycles. The maximum absolute atomic E-state index is 12.8. The summed E-state index contributed by atoms with van der Waals surface area (Å²) in [5.74, 6) is -0.569. The van der Waals surface area contributed by atoms with Crippen LogP contribution in [-0.4, -0.2) is 18.2 Å². The van der Waals surface area contributed by atoms with Crippen LogP contribution in [0.3, 0.4) is 0 Å². The molecular formula is C20H18FN3O. The molecule has 0 saturated carbocycles. The molecular weight excluding hydrogens is 317 g/mol. The molecule has 2 N–H and O–H groups in total. The fourth-order valence-corrected chi connectivity index (χ4v) is 2.41. The van der Waals surface area contributed by atoms with Crippen molar-refractivity contribution in [1.29, 1.82) is 0 Å². The summed E-state index contributed by atoms with van der Waals surface area (Å²) in [4.78, 5) is 12.1. The second-order valence-electron chi connectivity index (χ2n) is 5.71. The van der Waals surface area contributed by atoms with Crippen LogP contribution in [0.25, 0.3) is 10.8 Å². The topological polar surface area (TPSA) is 53.5 Å². The van der Waals surface area contributed by atoms with E-state index in [0.29, 0.717) is 5.56 Å². The lowest BCUT2D eigenvalue weighted by atomic mass is 10.1. The number of hydrazone groups is 1. The van der Waals surface area contributed by atoms with Gasteiger partial charge in [-0.05, 0) is 47.5 Å². The van der Waals surface area contributed by atoms with Gasteiger partial charge in [0.1, 0.15) is 11.9 Å². The Labute approximate surface area is 145 Å². The van der Waals surface area contributed by atoms with Crippen molar-refractivity contribution >= 4 is 28.6 Å². The predicted molar refractivity (Wildman–Crippen MR) is 99.2 cm³/mol. The number of fused-ring (bicyclic) bond motifs is 1. The molecule has 126 valence electrons. The molecule has 1 atom stereocenters. The van der Waals surface area contributed by atoms with Crippen molar-refractivity contribution < 1.29 is 9.18 Å². The number of anilines is 1. The Kier molecular flexibility index (Phi) is 5.04. The van der Waals surface area contributed by atoms with E-state index in [1.54, 1.807) is 19.1 Å². The van der Waals surface area contributed by atoms with Crippen molar-refractivity contribution in [2.45, 2.75) is 13.0 Å². The number of amides is 1. The van der Waals surface area contributed by atoms with Crippen LogP contribution in [0.4, 0.5) is 10.1 Å². The Hall–Kier alpha value is -3.21. The molecule has 0 bridgehead atoms. The van der Waals surface area contributed by atoms with Crippen LogP contribution in [-0.2, 0) is 4.79 Å². The van der Waals surface area contributed by atoms with E-state index in [4.69, 9.17) is 0 Å². The van der Waals surface area contributed by atoms with Gasteiger partial charge in [-0.1, -0.05) is 42.5 Å². The van der Waals surface area contributed by atoms with Gasteiger partial charge in [0.05, 0.1) is 6.21 Å². The van der Waals surface area contributed by atoms with Crippen molar-refractivity contribution in [3.05, 3.63) is 78.1 Å². The Morgan fingerprint density at radius 1 is 1.04 bits per heavy atom. The minimum Gasteiger partial charge on any atom is -0.374 e. The summed E-state index contributed by atoms with van der Waals surface area (Å²) >= 11 is 0. The highest BCUT2D eigenvalue weighted by atomic mass is 19.1. The number of carbonyl (C=O) groups excluding carboxylic acids is 1. The van der Waals surface area contributed by atoms with E-state index in [9.17, 15) is 9.18 Å². The van der Waals surface area contributed by atoms with Gasteiger partial charge in [0, 0.05) is 5.69 Å². The summed E-state index contributed by atoms with van der Waals surface area (Å²) in [6.45, 7) is 1.76. The number of benzene rings is 3. The van der Waals surface area contributed by atoms with Crippen LogP contribution >= 0.6 is 0 Å². The van der Waals surface area contributed by atoms with Gasteiger partial charge in [-0.3, -0.25) is 4.79 Å². The molecule has 0 heterocycles. The van der Waals surface area contributed by atoms with Crippen molar-refractivity contribution in [2.75, 3.05) is 5.32 Å². The van der Waals surface area contributed by atoms with Gasteiger partial charge in [0.25, 0.3) is 5.91 Å². The number of nitrogens with one attached hydrogen (secondary N) is 2. The van der Waals surface area contributed by atoms with Crippen molar-refractivity contribution in [1.82, 2.24) is 5.43 Å². The van der Waals surface area contributed by atoms with Gasteiger partial charge in [0.15, 0.2) is 0 Å². The van der Waals surface area contributed by atoms with Gasteiger partial charge in [0.2, 0.25) is 0 Å². The maximum Gasteiger partial charge on any atom is 0.262 e. The average molecular weight is 335 g/mol. The largest absolute Gasteiger partial charge is 0.374 e. The number of carbonyl (C=O) groups is 1. The zero-order valence-corrected chi connectivity index (χ0v) is 13.7. The summed E-state index contributed by atoms with van der Waals surface area (Å²) in [6, 6.07) is 19.4. The molecule has 5 heteroatoms. The van der Waals surface area contributed by atoms with Gasteiger partial charge >= 0.3 is 0 Å². The third kappa shape index (κ3) is 4.41. The van der Waals surface area contributed by atoms with Gasteiger partial charge in [-0.2, -0.15) is 5.10 Å². The molecule has 0 fully saturated rings. The summed E-state index contributed by atoms with van der Waals surface area (Å²) in [7, 11) is 0. The zero-order chi connectivity index (χ0) is 17.6. The lowest BCUT2D eigenvalue weighted by Gasteiger charge is -2.14. The first-order valence-electron chi connectivity index (χ1n) is 7.96. The predicted octanol–water partition coefficient (Wildman–Crippen LogP) is 3.93. The molecule has 4 nitrogen and oxygen atoms in total. The lowest BCUT2D eigenvalue weighted by Crippen LogP contribution is -2.34. The molecule has 0 aliphatic rings. The number of rotatable bonds is 5. The van der Waals surface area contributed by atoms with Crippen molar-refractivity contribution in [2.24, 2.45) is 5.10 Å². The molecule has 0 aliphatic heterocycles. The summed E-state index contributed by atoms with van der Waals surface area (Å²) in [6.07, 6.45) is 1.47. The molecule has 25 heavy (non-hydrogen) atoms. The standard InChI is InChI=1S/C20H18FN3O/c1-14(20(25)24-22-13-15-6-9-18(21)10-7-15)23-19-11-8-16-4-2-3-5-17(16)12-19/h2-14,23H,1H3,(H,24,25)/b22-13+. The molecule has 1 unspecified atom stereocenters. The van der Waals surface area contributed by atoms with Gasteiger partial charge in [-0.25, -0.2) is 9.82 Å². The Morgan fingerprint density at radius 2 is 1.76 bits per heavy atom. The van der Waals surface area contributed by atoms with Crippen LogP contribution in [0.5, 0.6) is 0 Å². The van der Waals surface area contributed by atoms with E-state index in [-0.39, 0.29) is 11.7 Å². The number of halogens is 1. The smallest absolute Gasteiger partial charge is 0.262 e. The van der Waals surface area contributed by atoms with E-state index in [1.165, 1.54) is 18.3 Å². The lowest BCUT2D eigenvalue weighted by molar-refractivity contribution is -0.121. The number of nitrogens with zero attached hydrogens (tertiary/aromatic N) is 1. The van der Waals surface area contributed by atoms with E-state index in [0.717, 1.165) is 16.5 Å². The van der Waals surface area contributed by atoms with E-state index in [1.807, 2.05) is 42.5 Å². The first kappa shape index (κ1) is 16.6. The van der Waals surface area contributed by atoms with Crippen molar-refractivity contribution in [3.8, 4) is 0 Å².